The van der Waals surface area contributed by atoms with Crippen molar-refractivity contribution in [3.05, 3.63) is 59.7 Å². The molecule has 4 rings (SSSR count). The first-order chi connectivity index (χ1) is 12.2. The van der Waals surface area contributed by atoms with E-state index < -0.39 is 0 Å². The van der Waals surface area contributed by atoms with Crippen LogP contribution in [0.25, 0.3) is 11.0 Å². The topological polar surface area (TPSA) is 51.0 Å². The normalized spacial score (nSPS) is 17.4. The summed E-state index contributed by atoms with van der Waals surface area (Å²) in [5.74, 6) is 1.04. The van der Waals surface area contributed by atoms with Gasteiger partial charge in [-0.3, -0.25) is 9.78 Å². The second-order valence-electron chi connectivity index (χ2n) is 6.55. The van der Waals surface area contributed by atoms with Gasteiger partial charge >= 0.3 is 0 Å². The van der Waals surface area contributed by atoms with Crippen molar-refractivity contribution in [1.29, 1.82) is 0 Å². The van der Waals surface area contributed by atoms with Crippen LogP contribution in [-0.4, -0.2) is 31.9 Å². The molecular weight excluding hydrogens is 312 g/mol. The third-order valence-corrected chi connectivity index (χ3v) is 4.97. The minimum absolute atomic E-state index is 0.0288. The number of hydrogen-bond donors (Lipinski definition) is 0. The second kappa shape index (κ2) is 6.31. The van der Waals surface area contributed by atoms with Gasteiger partial charge in [0, 0.05) is 25.0 Å². The molecule has 3 aromatic rings. The Labute approximate surface area is 147 Å². The standard InChI is InChI=1S/C20H22N4O/c1-3-23-17-8-5-4-7-16(17)22-19(23)18-9-6-12-24(18)20(25)15-11-10-14(2)21-13-15/h4-5,7-8,10-11,13,18H,3,6,9,12H2,1-2H3/t18-/m1/s1. The fourth-order valence-electron chi connectivity index (χ4n) is 3.72. The zero-order valence-electron chi connectivity index (χ0n) is 14.6. The van der Waals surface area contributed by atoms with Crippen LogP contribution in [0.1, 0.15) is 47.7 Å². The monoisotopic (exact) mass is 334 g/mol. The van der Waals surface area contributed by atoms with Gasteiger partial charge in [-0.2, -0.15) is 0 Å². The highest BCUT2D eigenvalue weighted by molar-refractivity contribution is 5.94. The molecule has 0 aliphatic carbocycles. The number of likely N-dealkylation sites (tertiary alicyclic amines) is 1. The number of carbonyl (C=O) groups excluding carboxylic acids is 1. The number of aryl methyl sites for hydroxylation is 2. The Morgan fingerprint density at radius 2 is 2.08 bits per heavy atom. The third kappa shape index (κ3) is 2.69. The van der Waals surface area contributed by atoms with Gasteiger partial charge in [0.05, 0.1) is 22.6 Å². The molecule has 0 unspecified atom stereocenters. The summed E-state index contributed by atoms with van der Waals surface area (Å²) in [6, 6.07) is 12.0. The van der Waals surface area contributed by atoms with Crippen LogP contribution < -0.4 is 0 Å². The highest BCUT2D eigenvalue weighted by Crippen LogP contribution is 2.34. The molecule has 1 atom stereocenters. The first-order valence-corrected chi connectivity index (χ1v) is 8.88. The maximum atomic E-state index is 13.0. The van der Waals surface area contributed by atoms with Gasteiger partial charge in [0.1, 0.15) is 5.82 Å². The molecule has 0 saturated carbocycles. The van der Waals surface area contributed by atoms with Crippen LogP contribution in [0.4, 0.5) is 0 Å². The smallest absolute Gasteiger partial charge is 0.256 e. The number of hydrogen-bond acceptors (Lipinski definition) is 3. The van der Waals surface area contributed by atoms with Crippen LogP contribution in [0.2, 0.25) is 0 Å². The summed E-state index contributed by atoms with van der Waals surface area (Å²) in [4.78, 5) is 24.1. The first-order valence-electron chi connectivity index (χ1n) is 8.88. The minimum atomic E-state index is 0.0288. The first kappa shape index (κ1) is 15.8. The number of fused-ring (bicyclic) bond motifs is 1. The van der Waals surface area contributed by atoms with E-state index >= 15 is 0 Å². The highest BCUT2D eigenvalue weighted by atomic mass is 16.2. The molecule has 0 N–H and O–H groups in total. The summed E-state index contributed by atoms with van der Waals surface area (Å²) in [5, 5.41) is 0. The number of aromatic nitrogens is 3. The molecule has 128 valence electrons. The van der Waals surface area contributed by atoms with Gasteiger partial charge in [0.2, 0.25) is 0 Å². The molecule has 1 fully saturated rings. The minimum Gasteiger partial charge on any atom is -0.328 e. The van der Waals surface area contributed by atoms with Crippen molar-refractivity contribution in [2.24, 2.45) is 0 Å². The Hall–Kier alpha value is -2.69. The van der Waals surface area contributed by atoms with Crippen molar-refractivity contribution in [1.82, 2.24) is 19.4 Å². The molecule has 0 bridgehead atoms. The summed E-state index contributed by atoms with van der Waals surface area (Å²) in [7, 11) is 0. The number of imidazole rings is 1. The average molecular weight is 334 g/mol. The van der Waals surface area contributed by atoms with E-state index in [1.807, 2.05) is 42.2 Å². The van der Waals surface area contributed by atoms with E-state index in [2.05, 4.69) is 22.5 Å². The van der Waals surface area contributed by atoms with Crippen LogP contribution in [0, 0.1) is 6.92 Å². The quantitative estimate of drug-likeness (QED) is 0.733. The molecule has 2 aromatic heterocycles. The van der Waals surface area contributed by atoms with Crippen molar-refractivity contribution in [3.63, 3.8) is 0 Å². The van der Waals surface area contributed by atoms with Crippen molar-refractivity contribution in [3.8, 4) is 0 Å². The lowest BCUT2D eigenvalue weighted by molar-refractivity contribution is 0.0727. The van der Waals surface area contributed by atoms with Crippen molar-refractivity contribution in [2.75, 3.05) is 6.54 Å². The average Bonchev–Trinajstić information content (AvgIpc) is 3.25. The van der Waals surface area contributed by atoms with E-state index in [1.54, 1.807) is 6.20 Å². The molecule has 1 aliphatic heterocycles. The lowest BCUT2D eigenvalue weighted by atomic mass is 10.1. The second-order valence-corrected chi connectivity index (χ2v) is 6.55. The van der Waals surface area contributed by atoms with Crippen molar-refractivity contribution >= 4 is 16.9 Å². The van der Waals surface area contributed by atoms with Crippen LogP contribution in [0.15, 0.2) is 42.6 Å². The maximum Gasteiger partial charge on any atom is 0.256 e. The largest absolute Gasteiger partial charge is 0.328 e. The number of pyridine rings is 1. The molecular formula is C20H22N4O. The summed E-state index contributed by atoms with van der Waals surface area (Å²) in [6.45, 7) is 5.67. The summed E-state index contributed by atoms with van der Waals surface area (Å²) < 4.78 is 2.24. The highest BCUT2D eigenvalue weighted by Gasteiger charge is 2.34. The van der Waals surface area contributed by atoms with Gasteiger partial charge in [-0.25, -0.2) is 4.98 Å². The van der Waals surface area contributed by atoms with E-state index in [9.17, 15) is 4.79 Å². The predicted octanol–water partition coefficient (Wildman–Crippen LogP) is 3.74. The zero-order chi connectivity index (χ0) is 17.4. The third-order valence-electron chi connectivity index (χ3n) is 4.97. The number of carbonyl (C=O) groups is 1. The van der Waals surface area contributed by atoms with Crippen LogP contribution in [0.5, 0.6) is 0 Å². The Bertz CT molecular complexity index is 913. The number of rotatable bonds is 3. The molecule has 5 heteroatoms. The SMILES string of the molecule is CCn1c([C@H]2CCCN2C(=O)c2ccc(C)nc2)nc2ccccc21. The lowest BCUT2D eigenvalue weighted by Crippen LogP contribution is -2.32. The number of nitrogens with zero attached hydrogens (tertiary/aromatic N) is 4. The van der Waals surface area contributed by atoms with E-state index in [0.29, 0.717) is 5.56 Å². The molecule has 0 spiro atoms. The molecule has 3 heterocycles. The molecule has 1 aliphatic rings. The Balaban J connectivity index is 1.72. The number of benzene rings is 1. The van der Waals surface area contributed by atoms with E-state index in [0.717, 1.165) is 48.5 Å². The predicted molar refractivity (Wildman–Crippen MR) is 97.4 cm³/mol. The fourth-order valence-corrected chi connectivity index (χ4v) is 3.72. The van der Waals surface area contributed by atoms with E-state index in [-0.39, 0.29) is 11.9 Å². The lowest BCUT2D eigenvalue weighted by Gasteiger charge is -2.25. The number of para-hydroxylation sites is 2. The Kier molecular flexibility index (Phi) is 3.99. The molecule has 0 radical (unpaired) electrons. The van der Waals surface area contributed by atoms with Gasteiger partial charge < -0.3 is 9.47 Å². The summed E-state index contributed by atoms with van der Waals surface area (Å²) >= 11 is 0. The molecule has 25 heavy (non-hydrogen) atoms. The molecule has 1 amide bonds. The summed E-state index contributed by atoms with van der Waals surface area (Å²) in [5.41, 5.74) is 3.70. The maximum absolute atomic E-state index is 13.0. The zero-order valence-corrected chi connectivity index (χ0v) is 14.6. The van der Waals surface area contributed by atoms with Gasteiger partial charge in [0.15, 0.2) is 0 Å². The Morgan fingerprint density at radius 3 is 2.84 bits per heavy atom. The van der Waals surface area contributed by atoms with E-state index in [1.165, 1.54) is 0 Å². The fraction of sp³-hybridized carbons (Fsp3) is 0.350. The van der Waals surface area contributed by atoms with Gasteiger partial charge in [-0.05, 0) is 51.0 Å². The van der Waals surface area contributed by atoms with Gasteiger partial charge in [0.25, 0.3) is 5.91 Å². The van der Waals surface area contributed by atoms with E-state index in [4.69, 9.17) is 4.98 Å². The van der Waals surface area contributed by atoms with Crippen LogP contribution in [0.3, 0.4) is 0 Å². The molecule has 1 saturated heterocycles. The molecule has 5 nitrogen and oxygen atoms in total. The summed E-state index contributed by atoms with van der Waals surface area (Å²) in [6.07, 6.45) is 3.63. The Morgan fingerprint density at radius 1 is 1.24 bits per heavy atom. The van der Waals surface area contributed by atoms with Crippen LogP contribution >= 0.6 is 0 Å². The van der Waals surface area contributed by atoms with Crippen molar-refractivity contribution < 1.29 is 4.79 Å². The van der Waals surface area contributed by atoms with Crippen molar-refractivity contribution in [2.45, 2.75) is 39.3 Å². The van der Waals surface area contributed by atoms with Gasteiger partial charge in [-0.1, -0.05) is 12.1 Å². The van der Waals surface area contributed by atoms with Gasteiger partial charge in [-0.15, -0.1) is 0 Å². The van der Waals surface area contributed by atoms with Crippen LogP contribution in [-0.2, 0) is 6.54 Å². The number of amides is 1. The molecule has 1 aromatic carbocycles.